The third kappa shape index (κ3) is 6.61. The summed E-state index contributed by atoms with van der Waals surface area (Å²) < 4.78 is 6.03. The van der Waals surface area contributed by atoms with Gasteiger partial charge in [0.2, 0.25) is 5.91 Å². The van der Waals surface area contributed by atoms with Crippen molar-refractivity contribution in [1.29, 1.82) is 0 Å². The van der Waals surface area contributed by atoms with Crippen LogP contribution in [0.4, 0.5) is 0 Å². The lowest BCUT2D eigenvalue weighted by atomic mass is 10.1. The topological polar surface area (TPSA) is 58.6 Å². The number of rotatable bonds is 10. The molecule has 0 unspecified atom stereocenters. The summed E-state index contributed by atoms with van der Waals surface area (Å²) >= 11 is 3.34. The van der Waals surface area contributed by atoms with Crippen molar-refractivity contribution in [2.75, 3.05) is 26.8 Å². The van der Waals surface area contributed by atoms with E-state index in [-0.39, 0.29) is 17.9 Å². The molecular formula is C18H27BrN2O3. The lowest BCUT2D eigenvalue weighted by Gasteiger charge is -2.30. The Morgan fingerprint density at radius 1 is 1.21 bits per heavy atom. The number of benzene rings is 1. The molecule has 6 heteroatoms. The number of halogens is 1. The minimum atomic E-state index is -0.165. The van der Waals surface area contributed by atoms with Gasteiger partial charge in [-0.25, -0.2) is 0 Å². The Balaban J connectivity index is 2.52. The summed E-state index contributed by atoms with van der Waals surface area (Å²) in [5, 5.41) is 2.80. The van der Waals surface area contributed by atoms with Gasteiger partial charge >= 0.3 is 0 Å². The highest BCUT2D eigenvalue weighted by Crippen LogP contribution is 2.11. The van der Waals surface area contributed by atoms with E-state index < -0.39 is 0 Å². The van der Waals surface area contributed by atoms with Gasteiger partial charge < -0.3 is 15.0 Å². The van der Waals surface area contributed by atoms with Crippen LogP contribution < -0.4 is 5.32 Å². The van der Waals surface area contributed by atoms with Crippen LogP contribution >= 0.6 is 15.9 Å². The summed E-state index contributed by atoms with van der Waals surface area (Å²) in [7, 11) is 1.63. The monoisotopic (exact) mass is 398 g/mol. The maximum absolute atomic E-state index is 12.5. The fourth-order valence-electron chi connectivity index (χ4n) is 2.56. The molecule has 0 saturated heterocycles. The van der Waals surface area contributed by atoms with Gasteiger partial charge in [-0.3, -0.25) is 9.59 Å². The molecule has 1 N–H and O–H groups in total. The lowest BCUT2D eigenvalue weighted by Crippen LogP contribution is -2.43. The molecule has 0 aliphatic carbocycles. The van der Waals surface area contributed by atoms with Gasteiger partial charge in [-0.15, -0.1) is 0 Å². The van der Waals surface area contributed by atoms with Crippen molar-refractivity contribution in [2.45, 2.75) is 39.2 Å². The first-order valence-corrected chi connectivity index (χ1v) is 9.14. The number of amides is 2. The van der Waals surface area contributed by atoms with Gasteiger partial charge in [0, 0.05) is 42.7 Å². The Bertz CT molecular complexity index is 516. The molecule has 0 atom stereocenters. The molecule has 24 heavy (non-hydrogen) atoms. The molecule has 0 aromatic heterocycles. The maximum atomic E-state index is 12.5. The number of nitrogens with zero attached hydrogens (tertiary/aromatic N) is 1. The zero-order chi connectivity index (χ0) is 17.9. The second kappa shape index (κ2) is 11.2. The van der Waals surface area contributed by atoms with E-state index in [4.69, 9.17) is 4.74 Å². The van der Waals surface area contributed by atoms with Gasteiger partial charge in [-0.2, -0.15) is 0 Å². The van der Waals surface area contributed by atoms with Gasteiger partial charge in [0.15, 0.2) is 0 Å². The van der Waals surface area contributed by atoms with Crippen LogP contribution in [0, 0.1) is 0 Å². The highest BCUT2D eigenvalue weighted by Gasteiger charge is 2.20. The van der Waals surface area contributed by atoms with Crippen molar-refractivity contribution < 1.29 is 14.3 Å². The first-order valence-electron chi connectivity index (χ1n) is 8.35. The largest absolute Gasteiger partial charge is 0.383 e. The Morgan fingerprint density at radius 2 is 1.83 bits per heavy atom. The Morgan fingerprint density at radius 3 is 2.38 bits per heavy atom. The molecule has 0 radical (unpaired) electrons. The average molecular weight is 399 g/mol. The van der Waals surface area contributed by atoms with Crippen LogP contribution in [-0.4, -0.2) is 49.6 Å². The minimum absolute atomic E-state index is 0.0526. The SMILES string of the molecule is CCC(CC)N(CCOC)C(=O)CCNC(=O)c1ccc(Br)cc1. The van der Waals surface area contributed by atoms with Crippen molar-refractivity contribution in [1.82, 2.24) is 10.2 Å². The Kier molecular flexibility index (Phi) is 9.64. The van der Waals surface area contributed by atoms with Crippen LogP contribution in [0.3, 0.4) is 0 Å². The molecule has 0 saturated carbocycles. The fourth-order valence-corrected chi connectivity index (χ4v) is 2.82. The standard InChI is InChI=1S/C18H27BrN2O3/c1-4-16(5-2)21(12-13-24-3)17(22)10-11-20-18(23)14-6-8-15(19)9-7-14/h6-9,16H,4-5,10-13H2,1-3H3,(H,20,23). The third-order valence-electron chi connectivity index (χ3n) is 3.97. The van der Waals surface area contributed by atoms with E-state index in [2.05, 4.69) is 35.1 Å². The van der Waals surface area contributed by atoms with Crippen molar-refractivity contribution in [2.24, 2.45) is 0 Å². The summed E-state index contributed by atoms with van der Waals surface area (Å²) in [6.07, 6.45) is 2.12. The van der Waals surface area contributed by atoms with Crippen LogP contribution in [0.2, 0.25) is 0 Å². The molecule has 0 aliphatic rings. The molecule has 0 spiro atoms. The predicted octanol–water partition coefficient (Wildman–Crippen LogP) is 3.23. The lowest BCUT2D eigenvalue weighted by molar-refractivity contribution is -0.134. The number of carbonyl (C=O) groups excluding carboxylic acids is 2. The third-order valence-corrected chi connectivity index (χ3v) is 4.50. The number of ether oxygens (including phenoxy) is 1. The molecular weight excluding hydrogens is 372 g/mol. The highest BCUT2D eigenvalue weighted by molar-refractivity contribution is 9.10. The van der Waals surface area contributed by atoms with E-state index in [0.717, 1.165) is 17.3 Å². The number of hydrogen-bond acceptors (Lipinski definition) is 3. The molecule has 0 heterocycles. The zero-order valence-corrected chi connectivity index (χ0v) is 16.3. The smallest absolute Gasteiger partial charge is 0.251 e. The molecule has 1 aromatic carbocycles. The van der Waals surface area contributed by atoms with Crippen LogP contribution in [0.25, 0.3) is 0 Å². The van der Waals surface area contributed by atoms with Crippen molar-refractivity contribution in [3.63, 3.8) is 0 Å². The maximum Gasteiger partial charge on any atom is 0.251 e. The Labute approximate surface area is 152 Å². The van der Waals surface area contributed by atoms with E-state index >= 15 is 0 Å². The quantitative estimate of drug-likeness (QED) is 0.657. The second-order valence-electron chi connectivity index (χ2n) is 5.56. The van der Waals surface area contributed by atoms with Gasteiger partial charge in [-0.1, -0.05) is 29.8 Å². The second-order valence-corrected chi connectivity index (χ2v) is 6.48. The number of hydrogen-bond donors (Lipinski definition) is 1. The molecule has 5 nitrogen and oxygen atoms in total. The molecule has 2 amide bonds. The summed E-state index contributed by atoms with van der Waals surface area (Å²) in [6.45, 7) is 5.60. The summed E-state index contributed by atoms with van der Waals surface area (Å²) in [5.74, 6) is -0.113. The van der Waals surface area contributed by atoms with Crippen LogP contribution in [0.15, 0.2) is 28.7 Å². The van der Waals surface area contributed by atoms with Crippen molar-refractivity contribution >= 4 is 27.7 Å². The number of carbonyl (C=O) groups is 2. The van der Waals surface area contributed by atoms with Gasteiger partial charge in [0.1, 0.15) is 0 Å². The normalized spacial score (nSPS) is 10.7. The first-order chi connectivity index (χ1) is 11.5. The Hall–Kier alpha value is -1.40. The molecule has 1 aromatic rings. The zero-order valence-electron chi connectivity index (χ0n) is 14.7. The van der Waals surface area contributed by atoms with Crippen LogP contribution in [0.1, 0.15) is 43.5 Å². The van der Waals surface area contributed by atoms with Gasteiger partial charge in [0.05, 0.1) is 6.61 Å². The fraction of sp³-hybridized carbons (Fsp3) is 0.556. The average Bonchev–Trinajstić information content (AvgIpc) is 2.59. The van der Waals surface area contributed by atoms with E-state index in [0.29, 0.717) is 31.7 Å². The first kappa shape index (κ1) is 20.6. The van der Waals surface area contributed by atoms with Crippen molar-refractivity contribution in [3.8, 4) is 0 Å². The van der Waals surface area contributed by atoms with Gasteiger partial charge in [0.25, 0.3) is 5.91 Å². The highest BCUT2D eigenvalue weighted by atomic mass is 79.9. The van der Waals surface area contributed by atoms with E-state index in [9.17, 15) is 9.59 Å². The van der Waals surface area contributed by atoms with Crippen LogP contribution in [-0.2, 0) is 9.53 Å². The molecule has 134 valence electrons. The summed E-state index contributed by atoms with van der Waals surface area (Å²) in [6, 6.07) is 7.35. The van der Waals surface area contributed by atoms with E-state index in [1.807, 2.05) is 17.0 Å². The minimum Gasteiger partial charge on any atom is -0.383 e. The summed E-state index contributed by atoms with van der Waals surface area (Å²) in [4.78, 5) is 26.4. The predicted molar refractivity (Wildman–Crippen MR) is 99.1 cm³/mol. The van der Waals surface area contributed by atoms with Crippen molar-refractivity contribution in [3.05, 3.63) is 34.3 Å². The van der Waals surface area contributed by atoms with E-state index in [1.165, 1.54) is 0 Å². The van der Waals surface area contributed by atoms with Crippen LogP contribution in [0.5, 0.6) is 0 Å². The van der Waals surface area contributed by atoms with E-state index in [1.54, 1.807) is 19.2 Å². The molecule has 0 fully saturated rings. The molecule has 0 bridgehead atoms. The summed E-state index contributed by atoms with van der Waals surface area (Å²) in [5.41, 5.74) is 0.585. The van der Waals surface area contributed by atoms with Gasteiger partial charge in [-0.05, 0) is 37.1 Å². The number of nitrogens with one attached hydrogen (secondary N) is 1. The number of methoxy groups -OCH3 is 1. The molecule has 1 rings (SSSR count). The molecule has 0 aliphatic heterocycles.